The van der Waals surface area contributed by atoms with E-state index in [1.807, 2.05) is 18.2 Å². The highest BCUT2D eigenvalue weighted by atomic mass is 16.5. The SMILES string of the molecule is CCCCCCCCCCCCCCCCOC(=O)CCCCC(=O)Oc1ccccc1. The van der Waals surface area contributed by atoms with Crippen LogP contribution in [-0.4, -0.2) is 18.5 Å². The molecule has 182 valence electrons. The van der Waals surface area contributed by atoms with Crippen LogP contribution in [0.3, 0.4) is 0 Å². The van der Waals surface area contributed by atoms with E-state index in [1.54, 1.807) is 12.1 Å². The minimum Gasteiger partial charge on any atom is -0.466 e. The van der Waals surface area contributed by atoms with Gasteiger partial charge in [0.2, 0.25) is 0 Å². The van der Waals surface area contributed by atoms with E-state index in [1.165, 1.54) is 77.0 Å². The minimum atomic E-state index is -0.257. The third-order valence-corrected chi connectivity index (χ3v) is 5.75. The zero-order valence-corrected chi connectivity index (χ0v) is 20.5. The molecule has 0 unspecified atom stereocenters. The topological polar surface area (TPSA) is 52.6 Å². The first-order chi connectivity index (χ1) is 15.7. The summed E-state index contributed by atoms with van der Waals surface area (Å²) < 4.78 is 10.5. The summed E-state index contributed by atoms with van der Waals surface area (Å²) in [6.07, 6.45) is 20.5. The van der Waals surface area contributed by atoms with Gasteiger partial charge in [-0.15, -0.1) is 0 Å². The molecule has 0 aliphatic carbocycles. The summed E-state index contributed by atoms with van der Waals surface area (Å²) in [5.74, 6) is 0.146. The van der Waals surface area contributed by atoms with Crippen LogP contribution in [0.15, 0.2) is 30.3 Å². The van der Waals surface area contributed by atoms with E-state index in [9.17, 15) is 9.59 Å². The Hall–Kier alpha value is -1.84. The molecule has 0 spiro atoms. The van der Waals surface area contributed by atoms with Gasteiger partial charge in [-0.05, 0) is 31.4 Å². The first-order valence-corrected chi connectivity index (χ1v) is 13.1. The van der Waals surface area contributed by atoms with Crippen LogP contribution in [0.1, 0.15) is 122 Å². The van der Waals surface area contributed by atoms with Crippen molar-refractivity contribution in [3.8, 4) is 5.75 Å². The van der Waals surface area contributed by atoms with Crippen molar-refractivity contribution in [3.63, 3.8) is 0 Å². The molecule has 32 heavy (non-hydrogen) atoms. The maximum Gasteiger partial charge on any atom is 0.311 e. The van der Waals surface area contributed by atoms with Crippen molar-refractivity contribution >= 4 is 11.9 Å². The van der Waals surface area contributed by atoms with Gasteiger partial charge in [0.15, 0.2) is 0 Å². The zero-order chi connectivity index (χ0) is 23.1. The highest BCUT2D eigenvalue weighted by Crippen LogP contribution is 2.13. The van der Waals surface area contributed by atoms with E-state index in [-0.39, 0.29) is 11.9 Å². The molecule has 1 rings (SSSR count). The molecule has 0 fully saturated rings. The number of esters is 2. The number of ether oxygens (including phenoxy) is 2. The van der Waals surface area contributed by atoms with Gasteiger partial charge in [-0.1, -0.05) is 109 Å². The smallest absolute Gasteiger partial charge is 0.311 e. The lowest BCUT2D eigenvalue weighted by molar-refractivity contribution is -0.144. The molecule has 0 aliphatic rings. The van der Waals surface area contributed by atoms with Crippen molar-refractivity contribution in [1.82, 2.24) is 0 Å². The third kappa shape index (κ3) is 17.8. The van der Waals surface area contributed by atoms with Crippen molar-refractivity contribution < 1.29 is 19.1 Å². The molecule has 0 amide bonds. The Morgan fingerprint density at radius 3 is 1.59 bits per heavy atom. The second-order valence-electron chi connectivity index (χ2n) is 8.81. The molecule has 0 aromatic heterocycles. The molecule has 0 heterocycles. The van der Waals surface area contributed by atoms with Crippen LogP contribution in [0.4, 0.5) is 0 Å². The fourth-order valence-electron chi connectivity index (χ4n) is 3.76. The molecule has 0 saturated heterocycles. The third-order valence-electron chi connectivity index (χ3n) is 5.75. The number of hydrogen-bond donors (Lipinski definition) is 0. The molecule has 0 N–H and O–H groups in total. The van der Waals surface area contributed by atoms with Crippen molar-refractivity contribution in [1.29, 1.82) is 0 Å². The van der Waals surface area contributed by atoms with E-state index in [0.29, 0.717) is 38.0 Å². The highest BCUT2D eigenvalue weighted by molar-refractivity contribution is 5.72. The zero-order valence-electron chi connectivity index (χ0n) is 20.5. The Balaban J connectivity index is 1.79. The fourth-order valence-corrected chi connectivity index (χ4v) is 3.76. The van der Waals surface area contributed by atoms with E-state index in [2.05, 4.69) is 6.92 Å². The molecule has 0 radical (unpaired) electrons. The maximum atomic E-state index is 11.8. The first-order valence-electron chi connectivity index (χ1n) is 13.1. The molecule has 4 heteroatoms. The van der Waals surface area contributed by atoms with Crippen molar-refractivity contribution in [2.45, 2.75) is 122 Å². The Morgan fingerprint density at radius 1 is 0.594 bits per heavy atom. The summed E-state index contributed by atoms with van der Waals surface area (Å²) in [6.45, 7) is 2.79. The van der Waals surface area contributed by atoms with Crippen molar-refractivity contribution in [3.05, 3.63) is 30.3 Å². The summed E-state index contributed by atoms with van der Waals surface area (Å²) in [5.41, 5.74) is 0. The van der Waals surface area contributed by atoms with Gasteiger partial charge in [-0.25, -0.2) is 0 Å². The lowest BCUT2D eigenvalue weighted by Gasteiger charge is -2.06. The quantitative estimate of drug-likeness (QED) is 0.108. The lowest BCUT2D eigenvalue weighted by Crippen LogP contribution is -2.09. The number of carbonyl (C=O) groups is 2. The average molecular weight is 447 g/mol. The van der Waals surface area contributed by atoms with Crippen LogP contribution >= 0.6 is 0 Å². The van der Waals surface area contributed by atoms with Crippen LogP contribution < -0.4 is 4.74 Å². The normalized spacial score (nSPS) is 10.8. The molecular formula is C28H46O4. The largest absolute Gasteiger partial charge is 0.466 e. The van der Waals surface area contributed by atoms with E-state index in [4.69, 9.17) is 9.47 Å². The monoisotopic (exact) mass is 446 g/mol. The van der Waals surface area contributed by atoms with Crippen LogP contribution in [0.25, 0.3) is 0 Å². The average Bonchev–Trinajstić information content (AvgIpc) is 2.80. The Bertz CT molecular complexity index is 570. The number of unbranched alkanes of at least 4 members (excludes halogenated alkanes) is 14. The van der Waals surface area contributed by atoms with Gasteiger partial charge in [-0.3, -0.25) is 9.59 Å². The summed E-state index contributed by atoms with van der Waals surface area (Å²) >= 11 is 0. The number of para-hydroxylation sites is 1. The van der Waals surface area contributed by atoms with Gasteiger partial charge in [-0.2, -0.15) is 0 Å². The van der Waals surface area contributed by atoms with Crippen molar-refractivity contribution in [2.75, 3.05) is 6.61 Å². The second-order valence-corrected chi connectivity index (χ2v) is 8.81. The molecule has 0 atom stereocenters. The summed E-state index contributed by atoms with van der Waals surface area (Å²) in [5, 5.41) is 0. The highest BCUT2D eigenvalue weighted by Gasteiger charge is 2.07. The number of hydrogen-bond acceptors (Lipinski definition) is 4. The van der Waals surface area contributed by atoms with E-state index in [0.717, 1.165) is 12.8 Å². The predicted molar refractivity (Wildman–Crippen MR) is 132 cm³/mol. The fraction of sp³-hybridized carbons (Fsp3) is 0.714. The second kappa shape index (κ2) is 21.0. The lowest BCUT2D eigenvalue weighted by atomic mass is 10.0. The summed E-state index contributed by atoms with van der Waals surface area (Å²) in [6, 6.07) is 9.05. The van der Waals surface area contributed by atoms with E-state index < -0.39 is 0 Å². The first kappa shape index (κ1) is 28.2. The Morgan fingerprint density at radius 2 is 1.06 bits per heavy atom. The van der Waals surface area contributed by atoms with Gasteiger partial charge in [0.25, 0.3) is 0 Å². The Labute approximate surface area is 196 Å². The molecular weight excluding hydrogens is 400 g/mol. The Kier molecular flexibility index (Phi) is 18.5. The molecule has 4 nitrogen and oxygen atoms in total. The molecule has 0 aliphatic heterocycles. The minimum absolute atomic E-state index is 0.156. The van der Waals surface area contributed by atoms with Gasteiger partial charge in [0.05, 0.1) is 6.61 Å². The predicted octanol–water partition coefficient (Wildman–Crippen LogP) is 8.18. The van der Waals surface area contributed by atoms with Gasteiger partial charge >= 0.3 is 11.9 Å². The van der Waals surface area contributed by atoms with Crippen LogP contribution in [0.2, 0.25) is 0 Å². The standard InChI is InChI=1S/C28H46O4/c1-2-3-4-5-6-7-8-9-10-11-12-13-14-20-25-31-27(29)23-18-19-24-28(30)32-26-21-16-15-17-22-26/h15-17,21-22H,2-14,18-20,23-25H2,1H3. The summed E-state index contributed by atoms with van der Waals surface area (Å²) in [4.78, 5) is 23.5. The van der Waals surface area contributed by atoms with Crippen LogP contribution in [0.5, 0.6) is 5.75 Å². The molecule has 1 aromatic rings. The number of benzene rings is 1. The molecule has 0 bridgehead atoms. The van der Waals surface area contributed by atoms with E-state index >= 15 is 0 Å². The number of rotatable bonds is 21. The van der Waals surface area contributed by atoms with Crippen LogP contribution in [-0.2, 0) is 14.3 Å². The maximum absolute atomic E-state index is 11.8. The van der Waals surface area contributed by atoms with Crippen LogP contribution in [0, 0.1) is 0 Å². The van der Waals surface area contributed by atoms with Gasteiger partial charge in [0.1, 0.15) is 5.75 Å². The number of carbonyl (C=O) groups excluding carboxylic acids is 2. The molecule has 0 saturated carbocycles. The van der Waals surface area contributed by atoms with Gasteiger partial charge < -0.3 is 9.47 Å². The molecule has 1 aromatic carbocycles. The van der Waals surface area contributed by atoms with Crippen molar-refractivity contribution in [2.24, 2.45) is 0 Å². The van der Waals surface area contributed by atoms with Gasteiger partial charge in [0, 0.05) is 12.8 Å². The summed E-state index contributed by atoms with van der Waals surface area (Å²) in [7, 11) is 0.